The molecule has 0 aliphatic heterocycles. The highest BCUT2D eigenvalue weighted by Gasteiger charge is 2.19. The van der Waals surface area contributed by atoms with Gasteiger partial charge in [0.1, 0.15) is 5.75 Å². The molecule has 1 unspecified atom stereocenters. The molecule has 0 fully saturated rings. The second kappa shape index (κ2) is 6.71. The number of anilines is 1. The third-order valence-electron chi connectivity index (χ3n) is 5.09. The van der Waals surface area contributed by atoms with Crippen LogP contribution in [0.3, 0.4) is 0 Å². The first-order valence-corrected chi connectivity index (χ1v) is 8.97. The summed E-state index contributed by atoms with van der Waals surface area (Å²) >= 11 is 0. The van der Waals surface area contributed by atoms with E-state index in [1.54, 1.807) is 7.11 Å². The molecule has 1 atom stereocenters. The van der Waals surface area contributed by atoms with Crippen LogP contribution in [0.5, 0.6) is 5.75 Å². The number of nitrogens with zero attached hydrogens (tertiary/aromatic N) is 2. The van der Waals surface area contributed by atoms with Gasteiger partial charge in [-0.3, -0.25) is 4.98 Å². The van der Waals surface area contributed by atoms with Crippen molar-refractivity contribution in [3.8, 4) is 5.75 Å². The minimum Gasteiger partial charge on any atom is -0.497 e. The smallest absolute Gasteiger partial charge is 0.119 e. The lowest BCUT2D eigenvalue weighted by Gasteiger charge is -2.30. The minimum absolute atomic E-state index is 0.212. The van der Waals surface area contributed by atoms with E-state index in [1.807, 2.05) is 24.4 Å². The standard InChI is InChI=1S/C22H23N3O/c1-4-25(17-11-16-7-5-6-8-21(16)23-13-17)15(2)20-14-24-22-10-9-18(26-3)12-19(20)22/h5-15,24H,4H2,1-3H3. The van der Waals surface area contributed by atoms with Gasteiger partial charge in [0.2, 0.25) is 0 Å². The lowest BCUT2D eigenvalue weighted by molar-refractivity contribution is 0.415. The SMILES string of the molecule is CCN(c1cnc2ccccc2c1)C(C)c1c[nH]c2ccc(OC)cc12. The van der Waals surface area contributed by atoms with Gasteiger partial charge < -0.3 is 14.6 Å². The van der Waals surface area contributed by atoms with Gasteiger partial charge in [-0.15, -0.1) is 0 Å². The lowest BCUT2D eigenvalue weighted by Crippen LogP contribution is -2.26. The lowest BCUT2D eigenvalue weighted by atomic mass is 10.0. The molecule has 132 valence electrons. The quantitative estimate of drug-likeness (QED) is 0.533. The molecule has 4 nitrogen and oxygen atoms in total. The van der Waals surface area contributed by atoms with Crippen molar-refractivity contribution in [2.24, 2.45) is 0 Å². The van der Waals surface area contributed by atoms with Gasteiger partial charge >= 0.3 is 0 Å². The van der Waals surface area contributed by atoms with E-state index in [4.69, 9.17) is 4.74 Å². The van der Waals surface area contributed by atoms with Crippen molar-refractivity contribution in [3.63, 3.8) is 0 Å². The third kappa shape index (κ3) is 2.77. The van der Waals surface area contributed by atoms with E-state index in [2.05, 4.69) is 65.2 Å². The number of aromatic amines is 1. The second-order valence-electron chi connectivity index (χ2n) is 6.50. The maximum Gasteiger partial charge on any atom is 0.119 e. The van der Waals surface area contributed by atoms with E-state index in [0.717, 1.165) is 34.4 Å². The highest BCUT2D eigenvalue weighted by molar-refractivity contribution is 5.86. The fourth-order valence-corrected chi connectivity index (χ4v) is 3.66. The Morgan fingerprint density at radius 1 is 1.15 bits per heavy atom. The Bertz CT molecular complexity index is 1050. The number of methoxy groups -OCH3 is 1. The molecule has 4 aromatic rings. The van der Waals surface area contributed by atoms with Crippen molar-refractivity contribution in [1.82, 2.24) is 9.97 Å². The van der Waals surface area contributed by atoms with Gasteiger partial charge in [0.05, 0.1) is 30.6 Å². The summed E-state index contributed by atoms with van der Waals surface area (Å²) in [6.07, 6.45) is 4.07. The zero-order valence-electron chi connectivity index (χ0n) is 15.4. The first-order chi connectivity index (χ1) is 12.7. The molecule has 0 bridgehead atoms. The zero-order valence-corrected chi connectivity index (χ0v) is 15.4. The molecule has 0 saturated carbocycles. The fourth-order valence-electron chi connectivity index (χ4n) is 3.66. The summed E-state index contributed by atoms with van der Waals surface area (Å²) in [4.78, 5) is 10.4. The number of H-pyrrole nitrogens is 1. The van der Waals surface area contributed by atoms with Crippen LogP contribution in [0.4, 0.5) is 5.69 Å². The van der Waals surface area contributed by atoms with Crippen molar-refractivity contribution in [3.05, 3.63) is 66.5 Å². The number of rotatable bonds is 5. The topological polar surface area (TPSA) is 41.2 Å². The van der Waals surface area contributed by atoms with Crippen molar-refractivity contribution in [2.75, 3.05) is 18.6 Å². The van der Waals surface area contributed by atoms with Crippen LogP contribution in [0.1, 0.15) is 25.5 Å². The average Bonchev–Trinajstić information content (AvgIpc) is 3.11. The summed E-state index contributed by atoms with van der Waals surface area (Å²) < 4.78 is 5.41. The van der Waals surface area contributed by atoms with Crippen LogP contribution in [0.25, 0.3) is 21.8 Å². The number of fused-ring (bicyclic) bond motifs is 2. The number of para-hydroxylation sites is 1. The highest BCUT2D eigenvalue weighted by atomic mass is 16.5. The van der Waals surface area contributed by atoms with Crippen molar-refractivity contribution in [2.45, 2.75) is 19.9 Å². The molecule has 0 spiro atoms. The molecular formula is C22H23N3O. The van der Waals surface area contributed by atoms with Gasteiger partial charge in [-0.05, 0) is 49.7 Å². The van der Waals surface area contributed by atoms with Crippen LogP contribution < -0.4 is 9.64 Å². The van der Waals surface area contributed by atoms with Crippen LogP contribution in [-0.4, -0.2) is 23.6 Å². The van der Waals surface area contributed by atoms with Gasteiger partial charge in [0.25, 0.3) is 0 Å². The molecule has 4 heteroatoms. The van der Waals surface area contributed by atoms with E-state index < -0.39 is 0 Å². The first-order valence-electron chi connectivity index (χ1n) is 8.97. The zero-order chi connectivity index (χ0) is 18.1. The number of ether oxygens (including phenoxy) is 1. The molecule has 0 radical (unpaired) electrons. The monoisotopic (exact) mass is 345 g/mol. The van der Waals surface area contributed by atoms with Gasteiger partial charge in [0, 0.05) is 29.0 Å². The molecule has 0 aliphatic carbocycles. The molecule has 2 aromatic heterocycles. The molecule has 2 heterocycles. The van der Waals surface area contributed by atoms with E-state index in [9.17, 15) is 0 Å². The van der Waals surface area contributed by atoms with E-state index in [1.165, 1.54) is 10.9 Å². The van der Waals surface area contributed by atoms with Crippen LogP contribution in [-0.2, 0) is 0 Å². The predicted octanol–water partition coefficient (Wildman–Crippen LogP) is 5.31. The Labute approximate surface area is 153 Å². The number of nitrogens with one attached hydrogen (secondary N) is 1. The van der Waals surface area contributed by atoms with E-state index in [0.29, 0.717) is 0 Å². The Hall–Kier alpha value is -3.01. The van der Waals surface area contributed by atoms with Crippen LogP contribution >= 0.6 is 0 Å². The van der Waals surface area contributed by atoms with Gasteiger partial charge in [0.15, 0.2) is 0 Å². The molecule has 0 amide bonds. The Balaban J connectivity index is 1.76. The van der Waals surface area contributed by atoms with E-state index in [-0.39, 0.29) is 6.04 Å². The molecule has 0 saturated heterocycles. The summed E-state index contributed by atoms with van der Waals surface area (Å²) in [6.45, 7) is 5.32. The Morgan fingerprint density at radius 2 is 2.00 bits per heavy atom. The van der Waals surface area contributed by atoms with Crippen molar-refractivity contribution in [1.29, 1.82) is 0 Å². The average molecular weight is 345 g/mol. The highest BCUT2D eigenvalue weighted by Crippen LogP contribution is 2.33. The van der Waals surface area contributed by atoms with Gasteiger partial charge in [-0.1, -0.05) is 18.2 Å². The van der Waals surface area contributed by atoms with Crippen LogP contribution in [0.15, 0.2) is 60.9 Å². The summed E-state index contributed by atoms with van der Waals surface area (Å²) in [5.74, 6) is 0.876. The summed E-state index contributed by atoms with van der Waals surface area (Å²) in [5, 5.41) is 2.36. The molecule has 1 N–H and O–H groups in total. The number of hydrogen-bond donors (Lipinski definition) is 1. The van der Waals surface area contributed by atoms with Crippen molar-refractivity contribution >= 4 is 27.5 Å². The maximum absolute atomic E-state index is 5.41. The van der Waals surface area contributed by atoms with Crippen molar-refractivity contribution < 1.29 is 4.74 Å². The molecule has 26 heavy (non-hydrogen) atoms. The summed E-state index contributed by atoms with van der Waals surface area (Å²) in [5.41, 5.74) is 4.54. The number of aromatic nitrogens is 2. The van der Waals surface area contributed by atoms with Crippen LogP contribution in [0.2, 0.25) is 0 Å². The molecular weight excluding hydrogens is 322 g/mol. The summed E-state index contributed by atoms with van der Waals surface area (Å²) in [6, 6.07) is 16.8. The number of hydrogen-bond acceptors (Lipinski definition) is 3. The maximum atomic E-state index is 5.41. The first kappa shape index (κ1) is 16.5. The Kier molecular flexibility index (Phi) is 4.25. The molecule has 2 aromatic carbocycles. The van der Waals surface area contributed by atoms with E-state index >= 15 is 0 Å². The normalized spacial score (nSPS) is 12.4. The Morgan fingerprint density at radius 3 is 2.81 bits per heavy atom. The van der Waals surface area contributed by atoms with Crippen LogP contribution in [0, 0.1) is 0 Å². The number of pyridine rings is 1. The molecule has 0 aliphatic rings. The second-order valence-corrected chi connectivity index (χ2v) is 6.50. The number of benzene rings is 2. The fraction of sp³-hybridized carbons (Fsp3) is 0.227. The molecule has 4 rings (SSSR count). The van der Waals surface area contributed by atoms with Gasteiger partial charge in [-0.2, -0.15) is 0 Å². The largest absolute Gasteiger partial charge is 0.497 e. The third-order valence-corrected chi connectivity index (χ3v) is 5.09. The predicted molar refractivity (Wildman–Crippen MR) is 108 cm³/mol. The minimum atomic E-state index is 0.212. The van der Waals surface area contributed by atoms with Gasteiger partial charge in [-0.25, -0.2) is 0 Å². The summed E-state index contributed by atoms with van der Waals surface area (Å²) in [7, 11) is 1.70.